The van der Waals surface area contributed by atoms with E-state index in [1.54, 1.807) is 24.3 Å². The van der Waals surface area contributed by atoms with Crippen molar-refractivity contribution in [1.82, 2.24) is 9.62 Å². The third-order valence-electron chi connectivity index (χ3n) is 2.98. The van der Waals surface area contributed by atoms with Crippen molar-refractivity contribution in [2.24, 2.45) is 0 Å². The quantitative estimate of drug-likeness (QED) is 0.821. The second-order valence-electron chi connectivity index (χ2n) is 4.72. The predicted molar refractivity (Wildman–Crippen MR) is 92.4 cm³/mol. The molecule has 1 aromatic carbocycles. The normalized spacial score (nSPS) is 11.7. The summed E-state index contributed by atoms with van der Waals surface area (Å²) in [5, 5.41) is 3.28. The van der Waals surface area contributed by atoms with Crippen LogP contribution in [0.4, 0.5) is 0 Å². The molecule has 0 fully saturated rings. The maximum absolute atomic E-state index is 12.3. The number of amides is 1. The molecule has 0 saturated carbocycles. The zero-order valence-electron chi connectivity index (χ0n) is 12.1. The van der Waals surface area contributed by atoms with Gasteiger partial charge in [0.15, 0.2) is 0 Å². The summed E-state index contributed by atoms with van der Waals surface area (Å²) in [7, 11) is -2.36. The minimum absolute atomic E-state index is 0.107. The Bertz CT molecular complexity index is 789. The Morgan fingerprint density at radius 3 is 2.39 bits per heavy atom. The van der Waals surface area contributed by atoms with E-state index in [9.17, 15) is 13.2 Å². The van der Waals surface area contributed by atoms with Gasteiger partial charge in [-0.2, -0.15) is 4.31 Å². The second-order valence-corrected chi connectivity index (χ2v) is 9.15. The Morgan fingerprint density at radius 1 is 1.17 bits per heavy atom. The highest BCUT2D eigenvalue weighted by Crippen LogP contribution is 2.27. The van der Waals surface area contributed by atoms with Gasteiger partial charge < -0.3 is 5.32 Å². The third-order valence-corrected chi connectivity index (χ3v) is 6.74. The van der Waals surface area contributed by atoms with Gasteiger partial charge in [0.2, 0.25) is 5.91 Å². The number of carbonyl (C=O) groups excluding carboxylic acids is 1. The molecule has 0 unspecified atom stereocenters. The maximum Gasteiger partial charge on any atom is 0.252 e. The van der Waals surface area contributed by atoms with Crippen LogP contribution in [0.25, 0.3) is 0 Å². The molecule has 124 valence electrons. The molecule has 0 bridgehead atoms. The molecule has 0 radical (unpaired) electrons. The number of sulfonamides is 1. The van der Waals surface area contributed by atoms with Gasteiger partial charge in [0.05, 0.1) is 10.9 Å². The van der Waals surface area contributed by atoms with Crippen LogP contribution in [0.5, 0.6) is 0 Å². The monoisotopic (exact) mass is 392 g/mol. The van der Waals surface area contributed by atoms with Crippen LogP contribution in [0.15, 0.2) is 40.6 Å². The standard InChI is InChI=1S/C14H14Cl2N2O3S2/c1-18(23(20,21)14-7-6-12(16)22-14)9-13(19)17-8-10-2-4-11(15)5-3-10/h2-7H,8-9H2,1H3,(H,17,19). The average molecular weight is 393 g/mol. The molecule has 0 spiro atoms. The van der Waals surface area contributed by atoms with E-state index in [-0.39, 0.29) is 10.8 Å². The highest BCUT2D eigenvalue weighted by atomic mass is 35.5. The fourth-order valence-corrected chi connectivity index (χ4v) is 4.68. The molecule has 2 rings (SSSR count). The molecule has 1 aromatic heterocycles. The zero-order valence-corrected chi connectivity index (χ0v) is 15.3. The highest BCUT2D eigenvalue weighted by molar-refractivity contribution is 7.91. The van der Waals surface area contributed by atoms with Crippen LogP contribution in [0.1, 0.15) is 5.56 Å². The molecule has 0 atom stereocenters. The van der Waals surface area contributed by atoms with Crippen LogP contribution >= 0.6 is 34.5 Å². The third kappa shape index (κ3) is 4.92. The number of carbonyl (C=O) groups is 1. The van der Waals surface area contributed by atoms with Crippen molar-refractivity contribution in [3.05, 3.63) is 51.3 Å². The maximum atomic E-state index is 12.3. The van der Waals surface area contributed by atoms with Gasteiger partial charge in [0, 0.05) is 18.6 Å². The lowest BCUT2D eigenvalue weighted by Gasteiger charge is -2.15. The number of nitrogens with zero attached hydrogens (tertiary/aromatic N) is 1. The first-order valence-electron chi connectivity index (χ1n) is 6.52. The SMILES string of the molecule is CN(CC(=O)NCc1ccc(Cl)cc1)S(=O)(=O)c1ccc(Cl)s1. The summed E-state index contributed by atoms with van der Waals surface area (Å²) in [4.78, 5) is 11.9. The predicted octanol–water partition coefficient (Wildman–Crippen LogP) is 2.99. The Balaban J connectivity index is 1.93. The topological polar surface area (TPSA) is 66.5 Å². The molecule has 2 aromatic rings. The number of nitrogens with one attached hydrogen (secondary N) is 1. The molecule has 9 heteroatoms. The van der Waals surface area contributed by atoms with E-state index in [1.165, 1.54) is 19.2 Å². The molecule has 0 saturated heterocycles. The Labute approximate surface area is 148 Å². The summed E-state index contributed by atoms with van der Waals surface area (Å²) >= 11 is 12.5. The first kappa shape index (κ1) is 18.2. The van der Waals surface area contributed by atoms with Gasteiger partial charge in [-0.15, -0.1) is 11.3 Å². The fourth-order valence-electron chi connectivity index (χ4n) is 1.74. The van der Waals surface area contributed by atoms with E-state index < -0.39 is 15.9 Å². The molecule has 0 aliphatic rings. The molecule has 23 heavy (non-hydrogen) atoms. The minimum Gasteiger partial charge on any atom is -0.351 e. The molecular formula is C14H14Cl2N2O3S2. The lowest BCUT2D eigenvalue weighted by atomic mass is 10.2. The molecular weight excluding hydrogens is 379 g/mol. The number of hydrogen-bond acceptors (Lipinski definition) is 4. The summed E-state index contributed by atoms with van der Waals surface area (Å²) in [5.41, 5.74) is 0.873. The molecule has 0 aliphatic carbocycles. The smallest absolute Gasteiger partial charge is 0.252 e. The van der Waals surface area contributed by atoms with Crippen LogP contribution < -0.4 is 5.32 Å². The van der Waals surface area contributed by atoms with Gasteiger partial charge >= 0.3 is 0 Å². The fraction of sp³-hybridized carbons (Fsp3) is 0.214. The number of hydrogen-bond donors (Lipinski definition) is 1. The van der Waals surface area contributed by atoms with Gasteiger partial charge in [0.25, 0.3) is 10.0 Å². The van der Waals surface area contributed by atoms with Gasteiger partial charge in [-0.1, -0.05) is 35.3 Å². The van der Waals surface area contributed by atoms with E-state index >= 15 is 0 Å². The van der Waals surface area contributed by atoms with Gasteiger partial charge in [0.1, 0.15) is 4.21 Å². The largest absolute Gasteiger partial charge is 0.351 e. The van der Waals surface area contributed by atoms with Crippen LogP contribution in [-0.2, 0) is 21.4 Å². The summed E-state index contributed by atoms with van der Waals surface area (Å²) in [6, 6.07) is 9.95. The molecule has 0 aliphatic heterocycles. The lowest BCUT2D eigenvalue weighted by Crippen LogP contribution is -2.37. The first-order valence-corrected chi connectivity index (χ1v) is 9.53. The van der Waals surface area contributed by atoms with Gasteiger partial charge in [-0.05, 0) is 29.8 Å². The average Bonchev–Trinajstić information content (AvgIpc) is 2.94. The number of likely N-dealkylation sites (N-methyl/N-ethyl adjacent to an activating group) is 1. The van der Waals surface area contributed by atoms with E-state index in [0.29, 0.717) is 15.9 Å². The highest BCUT2D eigenvalue weighted by Gasteiger charge is 2.24. The summed E-state index contributed by atoms with van der Waals surface area (Å²) in [5.74, 6) is -0.395. The molecule has 1 heterocycles. The summed E-state index contributed by atoms with van der Waals surface area (Å²) < 4.78 is 26.0. The molecule has 1 amide bonds. The lowest BCUT2D eigenvalue weighted by molar-refractivity contribution is -0.121. The van der Waals surface area contributed by atoms with Crippen LogP contribution in [-0.4, -0.2) is 32.2 Å². The van der Waals surface area contributed by atoms with Crippen molar-refractivity contribution >= 4 is 50.5 Å². The summed E-state index contributed by atoms with van der Waals surface area (Å²) in [6.07, 6.45) is 0. The van der Waals surface area contributed by atoms with Gasteiger partial charge in [-0.3, -0.25) is 4.79 Å². The van der Waals surface area contributed by atoms with Crippen molar-refractivity contribution in [3.63, 3.8) is 0 Å². The second kappa shape index (κ2) is 7.63. The number of rotatable bonds is 6. The van der Waals surface area contributed by atoms with Crippen LogP contribution in [0.2, 0.25) is 9.36 Å². The van der Waals surface area contributed by atoms with E-state index in [4.69, 9.17) is 23.2 Å². The van der Waals surface area contributed by atoms with Crippen LogP contribution in [0.3, 0.4) is 0 Å². The minimum atomic E-state index is -3.71. The van der Waals surface area contributed by atoms with E-state index in [0.717, 1.165) is 21.2 Å². The van der Waals surface area contributed by atoms with Gasteiger partial charge in [-0.25, -0.2) is 8.42 Å². The zero-order chi connectivity index (χ0) is 17.0. The first-order chi connectivity index (χ1) is 10.8. The Hall–Kier alpha value is -1.12. The van der Waals surface area contributed by atoms with Crippen molar-refractivity contribution in [1.29, 1.82) is 0 Å². The Kier molecular flexibility index (Phi) is 6.05. The van der Waals surface area contributed by atoms with E-state index in [2.05, 4.69) is 5.32 Å². The van der Waals surface area contributed by atoms with Crippen molar-refractivity contribution in [2.45, 2.75) is 10.8 Å². The number of halogens is 2. The van der Waals surface area contributed by atoms with E-state index in [1.807, 2.05) is 0 Å². The summed E-state index contributed by atoms with van der Waals surface area (Å²) in [6.45, 7) is 0.0279. The number of thiophene rings is 1. The van der Waals surface area contributed by atoms with Crippen molar-refractivity contribution < 1.29 is 13.2 Å². The van der Waals surface area contributed by atoms with Crippen molar-refractivity contribution in [3.8, 4) is 0 Å². The number of benzene rings is 1. The Morgan fingerprint density at radius 2 is 1.83 bits per heavy atom. The molecule has 1 N–H and O–H groups in total. The molecule has 5 nitrogen and oxygen atoms in total. The van der Waals surface area contributed by atoms with Crippen molar-refractivity contribution in [2.75, 3.05) is 13.6 Å². The van der Waals surface area contributed by atoms with Crippen LogP contribution in [0, 0.1) is 0 Å².